The third-order valence-electron chi connectivity index (χ3n) is 4.85. The summed E-state index contributed by atoms with van der Waals surface area (Å²) in [5.74, 6) is 0.0256. The van der Waals surface area contributed by atoms with E-state index >= 15 is 0 Å². The number of carbonyl (C=O) groups excluding carboxylic acids is 1. The van der Waals surface area contributed by atoms with Gasteiger partial charge in [-0.25, -0.2) is 0 Å². The molecule has 2 aromatic heterocycles. The second-order valence-electron chi connectivity index (χ2n) is 6.79. The first-order valence-corrected chi connectivity index (χ1v) is 8.90. The number of nitro groups is 1. The molecule has 0 unspecified atom stereocenters. The number of nitrogens with one attached hydrogen (secondary N) is 1. The lowest BCUT2D eigenvalue weighted by Crippen LogP contribution is -2.35. The van der Waals surface area contributed by atoms with Crippen molar-refractivity contribution in [3.05, 3.63) is 38.9 Å². The summed E-state index contributed by atoms with van der Waals surface area (Å²) >= 11 is 0. The predicted octanol–water partition coefficient (Wildman–Crippen LogP) is 2.90. The van der Waals surface area contributed by atoms with Crippen molar-refractivity contribution in [3.8, 4) is 0 Å². The Hall–Kier alpha value is -2.71. The summed E-state index contributed by atoms with van der Waals surface area (Å²) in [6.07, 6.45) is 6.60. The standard InChI is InChI=1S/C17H23N5O4/c1-11-9-15(22(24)25)19-21(11)10-14-12(2)26-20-16(14)17(23)18-13-7-5-3-4-6-8-13/h9,13H,3-8,10H2,1-2H3,(H,18,23). The van der Waals surface area contributed by atoms with E-state index in [9.17, 15) is 14.9 Å². The lowest BCUT2D eigenvalue weighted by molar-refractivity contribution is -0.389. The van der Waals surface area contributed by atoms with Gasteiger partial charge in [-0.15, -0.1) is 0 Å². The largest absolute Gasteiger partial charge is 0.390 e. The van der Waals surface area contributed by atoms with Gasteiger partial charge in [0.2, 0.25) is 0 Å². The summed E-state index contributed by atoms with van der Waals surface area (Å²) in [5, 5.41) is 21.8. The maximum absolute atomic E-state index is 12.7. The van der Waals surface area contributed by atoms with Crippen molar-refractivity contribution in [1.29, 1.82) is 0 Å². The molecule has 0 saturated heterocycles. The monoisotopic (exact) mass is 361 g/mol. The van der Waals surface area contributed by atoms with Gasteiger partial charge < -0.3 is 20.0 Å². The molecule has 9 nitrogen and oxygen atoms in total. The summed E-state index contributed by atoms with van der Waals surface area (Å²) in [4.78, 5) is 23.0. The molecule has 2 heterocycles. The maximum atomic E-state index is 12.7. The number of nitrogens with zero attached hydrogens (tertiary/aromatic N) is 4. The third kappa shape index (κ3) is 3.92. The summed E-state index contributed by atoms with van der Waals surface area (Å²) in [7, 11) is 0. The van der Waals surface area contributed by atoms with E-state index in [0.717, 1.165) is 25.7 Å². The van der Waals surface area contributed by atoms with Crippen LogP contribution in [0.2, 0.25) is 0 Å². The van der Waals surface area contributed by atoms with Crippen LogP contribution in [-0.2, 0) is 6.54 Å². The number of hydrogen-bond acceptors (Lipinski definition) is 6. The molecular weight excluding hydrogens is 338 g/mol. The van der Waals surface area contributed by atoms with Gasteiger partial charge in [0, 0.05) is 6.04 Å². The molecule has 0 bridgehead atoms. The fourth-order valence-electron chi connectivity index (χ4n) is 3.33. The Morgan fingerprint density at radius 1 is 1.35 bits per heavy atom. The second kappa shape index (κ2) is 7.67. The van der Waals surface area contributed by atoms with Gasteiger partial charge in [0.05, 0.1) is 29.0 Å². The quantitative estimate of drug-likeness (QED) is 0.497. The Kier molecular flexibility index (Phi) is 5.34. The lowest BCUT2D eigenvalue weighted by atomic mass is 10.1. The van der Waals surface area contributed by atoms with Crippen LogP contribution in [0.1, 0.15) is 66.0 Å². The molecule has 140 valence electrons. The van der Waals surface area contributed by atoms with Crippen LogP contribution in [0.4, 0.5) is 5.82 Å². The van der Waals surface area contributed by atoms with Gasteiger partial charge in [-0.05, 0) is 31.6 Å². The first-order chi connectivity index (χ1) is 12.5. The van der Waals surface area contributed by atoms with E-state index in [1.165, 1.54) is 23.6 Å². The Labute approximate surface area is 150 Å². The smallest absolute Gasteiger partial charge is 0.361 e. The number of rotatable bonds is 5. The van der Waals surface area contributed by atoms with Gasteiger partial charge in [0.25, 0.3) is 5.91 Å². The van der Waals surface area contributed by atoms with Crippen LogP contribution in [0.25, 0.3) is 0 Å². The van der Waals surface area contributed by atoms with Crippen molar-refractivity contribution in [2.45, 2.75) is 65.0 Å². The zero-order chi connectivity index (χ0) is 18.7. The van der Waals surface area contributed by atoms with Crippen LogP contribution >= 0.6 is 0 Å². The van der Waals surface area contributed by atoms with Crippen molar-refractivity contribution >= 4 is 11.7 Å². The Bertz CT molecular complexity index is 802. The topological polar surface area (TPSA) is 116 Å². The van der Waals surface area contributed by atoms with Gasteiger partial charge in [-0.1, -0.05) is 30.8 Å². The average Bonchev–Trinajstić information content (AvgIpc) is 3.03. The molecule has 1 fully saturated rings. The molecule has 1 N–H and O–H groups in total. The summed E-state index contributed by atoms with van der Waals surface area (Å²) in [5.41, 5.74) is 1.45. The minimum absolute atomic E-state index is 0.155. The Balaban J connectivity index is 1.78. The summed E-state index contributed by atoms with van der Waals surface area (Å²) < 4.78 is 6.70. The van der Waals surface area contributed by atoms with Crippen LogP contribution in [0, 0.1) is 24.0 Å². The number of hydrogen-bond donors (Lipinski definition) is 1. The zero-order valence-electron chi connectivity index (χ0n) is 15.0. The molecule has 1 amide bonds. The molecule has 1 aliphatic carbocycles. The first kappa shape index (κ1) is 18.1. The molecule has 0 spiro atoms. The van der Waals surface area contributed by atoms with Gasteiger partial charge in [0.1, 0.15) is 5.76 Å². The number of aromatic nitrogens is 3. The molecule has 0 radical (unpaired) electrons. The van der Waals surface area contributed by atoms with E-state index in [1.54, 1.807) is 13.8 Å². The number of amides is 1. The molecule has 1 aliphatic rings. The highest BCUT2D eigenvalue weighted by Crippen LogP contribution is 2.20. The SMILES string of the molecule is Cc1onc(C(=O)NC2CCCCCC2)c1Cn1nc([N+](=O)[O-])cc1C. The van der Waals surface area contributed by atoms with Crippen LogP contribution in [0.15, 0.2) is 10.6 Å². The maximum Gasteiger partial charge on any atom is 0.390 e. The highest BCUT2D eigenvalue weighted by molar-refractivity contribution is 5.94. The fraction of sp³-hybridized carbons (Fsp3) is 0.588. The average molecular weight is 361 g/mol. The molecule has 2 aromatic rings. The molecule has 9 heteroatoms. The van der Waals surface area contributed by atoms with E-state index < -0.39 is 4.92 Å². The molecular formula is C17H23N5O4. The van der Waals surface area contributed by atoms with Crippen molar-refractivity contribution < 1.29 is 14.2 Å². The van der Waals surface area contributed by atoms with E-state index in [0.29, 0.717) is 17.0 Å². The molecule has 0 aromatic carbocycles. The van der Waals surface area contributed by atoms with E-state index in [-0.39, 0.29) is 30.0 Å². The normalized spacial score (nSPS) is 15.6. The Morgan fingerprint density at radius 3 is 2.65 bits per heavy atom. The first-order valence-electron chi connectivity index (χ1n) is 8.90. The van der Waals surface area contributed by atoms with Crippen molar-refractivity contribution in [2.75, 3.05) is 0 Å². The van der Waals surface area contributed by atoms with Crippen LogP contribution in [0.3, 0.4) is 0 Å². The third-order valence-corrected chi connectivity index (χ3v) is 4.85. The number of aryl methyl sites for hydroxylation is 2. The van der Waals surface area contributed by atoms with Gasteiger partial charge in [0.15, 0.2) is 5.69 Å². The van der Waals surface area contributed by atoms with Crippen molar-refractivity contribution in [1.82, 2.24) is 20.3 Å². The van der Waals surface area contributed by atoms with Gasteiger partial charge >= 0.3 is 5.82 Å². The Morgan fingerprint density at radius 2 is 2.04 bits per heavy atom. The van der Waals surface area contributed by atoms with E-state index in [2.05, 4.69) is 15.6 Å². The highest BCUT2D eigenvalue weighted by atomic mass is 16.6. The molecule has 0 atom stereocenters. The predicted molar refractivity (Wildman–Crippen MR) is 92.9 cm³/mol. The van der Waals surface area contributed by atoms with Crippen molar-refractivity contribution in [2.24, 2.45) is 0 Å². The number of carbonyl (C=O) groups is 1. The van der Waals surface area contributed by atoms with E-state index in [1.807, 2.05) is 0 Å². The van der Waals surface area contributed by atoms with E-state index in [4.69, 9.17) is 4.52 Å². The fourth-order valence-corrected chi connectivity index (χ4v) is 3.33. The zero-order valence-corrected chi connectivity index (χ0v) is 15.0. The van der Waals surface area contributed by atoms with Crippen molar-refractivity contribution in [3.63, 3.8) is 0 Å². The van der Waals surface area contributed by atoms with Crippen LogP contribution < -0.4 is 5.32 Å². The molecule has 26 heavy (non-hydrogen) atoms. The van der Waals surface area contributed by atoms with Gasteiger partial charge in [-0.2, -0.15) is 4.68 Å². The van der Waals surface area contributed by atoms with Crippen LogP contribution in [-0.4, -0.2) is 31.8 Å². The minimum Gasteiger partial charge on any atom is -0.361 e. The second-order valence-corrected chi connectivity index (χ2v) is 6.79. The molecule has 1 saturated carbocycles. The van der Waals surface area contributed by atoms with Crippen LogP contribution in [0.5, 0.6) is 0 Å². The summed E-state index contributed by atoms with van der Waals surface area (Å²) in [6, 6.07) is 1.55. The molecule has 0 aliphatic heterocycles. The highest BCUT2D eigenvalue weighted by Gasteiger charge is 2.25. The lowest BCUT2D eigenvalue weighted by Gasteiger charge is -2.15. The summed E-state index contributed by atoms with van der Waals surface area (Å²) in [6.45, 7) is 3.65. The molecule has 3 rings (SSSR count). The van der Waals surface area contributed by atoms with Gasteiger partial charge in [-0.3, -0.25) is 4.79 Å². The minimum atomic E-state index is -0.538.